The van der Waals surface area contributed by atoms with Gasteiger partial charge in [0.15, 0.2) is 5.65 Å². The first kappa shape index (κ1) is 25.3. The van der Waals surface area contributed by atoms with Crippen molar-refractivity contribution in [1.29, 1.82) is 5.26 Å². The highest BCUT2D eigenvalue weighted by molar-refractivity contribution is 6.32. The second-order valence-electron chi connectivity index (χ2n) is 8.63. The third-order valence-electron chi connectivity index (χ3n) is 5.57. The zero-order valence-electron chi connectivity index (χ0n) is 20.4. The highest BCUT2D eigenvalue weighted by atomic mass is 35.5. The van der Waals surface area contributed by atoms with Crippen LogP contribution in [0.3, 0.4) is 0 Å². The maximum atomic E-state index is 9.48. The number of nitrogens with one attached hydrogen (secondary N) is 2. The predicted molar refractivity (Wildman–Crippen MR) is 145 cm³/mol. The maximum Gasteiger partial charge on any atom is 0.160 e. The Hall–Kier alpha value is -3.80. The summed E-state index contributed by atoms with van der Waals surface area (Å²) < 4.78 is 1.80. The lowest BCUT2D eigenvalue weighted by Crippen LogP contribution is -2.40. The maximum absolute atomic E-state index is 9.48. The lowest BCUT2D eigenvalue weighted by atomic mass is 9.99. The molecule has 2 N–H and O–H groups in total. The fourth-order valence-corrected chi connectivity index (χ4v) is 4.46. The van der Waals surface area contributed by atoms with Crippen LogP contribution in [0.15, 0.2) is 60.4 Å². The normalized spacial score (nSPS) is 11.6. The molecule has 0 radical (unpaired) electrons. The molecule has 0 fully saturated rings. The Kier molecular flexibility index (Phi) is 7.63. The van der Waals surface area contributed by atoms with Gasteiger partial charge in [0.25, 0.3) is 0 Å². The number of aromatic nitrogens is 4. The van der Waals surface area contributed by atoms with E-state index in [1.54, 1.807) is 16.8 Å². The number of hydrogen-bond donors (Lipinski definition) is 2. The van der Waals surface area contributed by atoms with Gasteiger partial charge in [-0.15, -0.1) is 0 Å². The fourth-order valence-electron chi connectivity index (χ4n) is 4.00. The molecule has 36 heavy (non-hydrogen) atoms. The Morgan fingerprint density at radius 2 is 1.83 bits per heavy atom. The minimum Gasteiger partial charge on any atom is -0.340 e. The summed E-state index contributed by atoms with van der Waals surface area (Å²) >= 11 is 12.1. The molecular weight excluding hydrogens is 495 g/mol. The minimum atomic E-state index is 0.239. The van der Waals surface area contributed by atoms with E-state index in [-0.39, 0.29) is 16.2 Å². The molecule has 0 bridgehead atoms. The molecule has 8 nitrogen and oxygen atoms in total. The first-order valence-electron chi connectivity index (χ1n) is 11.4. The number of benzene rings is 1. The molecule has 0 aliphatic carbocycles. The number of nitrogens with zero attached hydrogens (tertiary/aromatic N) is 6. The molecule has 0 spiro atoms. The average Bonchev–Trinajstić information content (AvgIpc) is 3.11. The summed E-state index contributed by atoms with van der Waals surface area (Å²) in [6, 6.07) is 17.4. The average molecular weight is 521 g/mol. The number of hydrazine groups is 1. The van der Waals surface area contributed by atoms with Crippen LogP contribution in [-0.4, -0.2) is 19.7 Å². The molecule has 3 aromatic heterocycles. The van der Waals surface area contributed by atoms with Crippen molar-refractivity contribution in [1.82, 2.24) is 25.2 Å². The van der Waals surface area contributed by atoms with E-state index in [4.69, 9.17) is 28.2 Å². The number of allylic oxidation sites excluding steroid dienone is 1. The molecule has 0 aliphatic heterocycles. The van der Waals surface area contributed by atoms with Crippen molar-refractivity contribution in [2.45, 2.75) is 33.2 Å². The Labute approximate surface area is 220 Å². The summed E-state index contributed by atoms with van der Waals surface area (Å²) in [6.45, 7) is 6.78. The molecule has 0 aliphatic rings. The van der Waals surface area contributed by atoms with Crippen molar-refractivity contribution >= 4 is 45.7 Å². The van der Waals surface area contributed by atoms with E-state index in [0.717, 1.165) is 27.9 Å². The number of anilines is 2. The minimum absolute atomic E-state index is 0.239. The van der Waals surface area contributed by atoms with E-state index in [0.29, 0.717) is 23.9 Å². The van der Waals surface area contributed by atoms with Gasteiger partial charge in [-0.05, 0) is 42.2 Å². The number of hydrogen-bond acceptors (Lipinski definition) is 7. The topological polar surface area (TPSA) is 94.7 Å². The van der Waals surface area contributed by atoms with E-state index in [2.05, 4.69) is 46.8 Å². The molecule has 0 atom stereocenters. The van der Waals surface area contributed by atoms with Crippen LogP contribution in [0, 0.1) is 18.3 Å². The lowest BCUT2D eigenvalue weighted by Gasteiger charge is -2.28. The van der Waals surface area contributed by atoms with Crippen LogP contribution in [0.4, 0.5) is 11.5 Å². The Morgan fingerprint density at radius 3 is 2.47 bits per heavy atom. The van der Waals surface area contributed by atoms with Gasteiger partial charge in [-0.2, -0.15) is 10.4 Å². The van der Waals surface area contributed by atoms with E-state index in [1.807, 2.05) is 49.3 Å². The SMILES string of the molecule is Cc1nn(C)c2nc(N(Cc3ccccc3)N/C(=C\C#N)Nc3cc(Cl)nc(Cl)c3)cc(C(C)C)c12. The molecule has 184 valence electrons. The van der Waals surface area contributed by atoms with E-state index in [1.165, 1.54) is 6.08 Å². The third-order valence-corrected chi connectivity index (χ3v) is 5.96. The molecule has 1 aromatic carbocycles. The Morgan fingerprint density at radius 1 is 1.14 bits per heavy atom. The van der Waals surface area contributed by atoms with Crippen molar-refractivity contribution in [3.05, 3.63) is 87.6 Å². The van der Waals surface area contributed by atoms with Gasteiger partial charge in [-0.25, -0.2) is 9.97 Å². The fraction of sp³-hybridized carbons (Fsp3) is 0.231. The first-order chi connectivity index (χ1) is 17.2. The number of halogens is 2. The highest BCUT2D eigenvalue weighted by Crippen LogP contribution is 2.31. The number of pyridine rings is 2. The Bertz CT molecular complexity index is 1430. The van der Waals surface area contributed by atoms with Crippen LogP contribution in [0.25, 0.3) is 11.0 Å². The molecule has 4 rings (SSSR count). The van der Waals surface area contributed by atoms with Gasteiger partial charge >= 0.3 is 0 Å². The molecular formula is C26H26Cl2N8. The summed E-state index contributed by atoms with van der Waals surface area (Å²) in [6.07, 6.45) is 1.37. The van der Waals surface area contributed by atoms with Crippen LogP contribution in [0.5, 0.6) is 0 Å². The molecule has 0 saturated heterocycles. The van der Waals surface area contributed by atoms with Gasteiger partial charge in [0.2, 0.25) is 0 Å². The second kappa shape index (κ2) is 10.9. The smallest absolute Gasteiger partial charge is 0.160 e. The summed E-state index contributed by atoms with van der Waals surface area (Å²) in [5.74, 6) is 1.36. The molecule has 0 amide bonds. The van der Waals surface area contributed by atoms with E-state index >= 15 is 0 Å². The summed E-state index contributed by atoms with van der Waals surface area (Å²) in [5, 5.41) is 20.7. The predicted octanol–water partition coefficient (Wildman–Crippen LogP) is 6.09. The zero-order valence-corrected chi connectivity index (χ0v) is 21.9. The van der Waals surface area contributed by atoms with E-state index in [9.17, 15) is 5.26 Å². The van der Waals surface area contributed by atoms with Crippen molar-refractivity contribution in [3.8, 4) is 6.07 Å². The largest absolute Gasteiger partial charge is 0.340 e. The molecule has 0 saturated carbocycles. The van der Waals surface area contributed by atoms with Crippen molar-refractivity contribution < 1.29 is 0 Å². The van der Waals surface area contributed by atoms with Gasteiger partial charge in [0, 0.05) is 18.1 Å². The van der Waals surface area contributed by atoms with Crippen LogP contribution in [0.2, 0.25) is 10.3 Å². The summed E-state index contributed by atoms with van der Waals surface area (Å²) in [5.41, 5.74) is 7.85. The number of rotatable bonds is 8. The van der Waals surface area contributed by atoms with Crippen molar-refractivity contribution in [2.24, 2.45) is 7.05 Å². The van der Waals surface area contributed by atoms with Crippen LogP contribution in [0.1, 0.15) is 36.6 Å². The standard InChI is InChI=1S/C26H26Cl2N8/c1-16(2)20-14-24(32-26-25(20)17(3)33-35(26)4)36(15-18-8-6-5-7-9-18)34-23(10-11-29)30-19-12-21(27)31-22(28)13-19/h5-10,12-14,16,34H,15H2,1-4H3,(H,30,31)/b23-10-. The molecule has 4 aromatic rings. The monoisotopic (exact) mass is 520 g/mol. The number of aryl methyl sites for hydroxylation is 2. The molecule has 10 heteroatoms. The highest BCUT2D eigenvalue weighted by Gasteiger charge is 2.19. The van der Waals surface area contributed by atoms with Crippen molar-refractivity contribution in [3.63, 3.8) is 0 Å². The van der Waals surface area contributed by atoms with Gasteiger partial charge < -0.3 is 5.32 Å². The van der Waals surface area contributed by atoms with Crippen LogP contribution in [-0.2, 0) is 13.6 Å². The van der Waals surface area contributed by atoms with Gasteiger partial charge in [-0.1, -0.05) is 67.4 Å². The lowest BCUT2D eigenvalue weighted by molar-refractivity contribution is 0.690. The van der Waals surface area contributed by atoms with Gasteiger partial charge in [-0.3, -0.25) is 15.1 Å². The first-order valence-corrected chi connectivity index (χ1v) is 12.1. The van der Waals surface area contributed by atoms with Crippen LogP contribution < -0.4 is 15.8 Å². The second-order valence-corrected chi connectivity index (χ2v) is 9.40. The Balaban J connectivity index is 1.78. The number of fused-ring (bicyclic) bond motifs is 1. The molecule has 0 unspecified atom stereocenters. The van der Waals surface area contributed by atoms with Gasteiger partial charge in [0.1, 0.15) is 21.9 Å². The van der Waals surface area contributed by atoms with Crippen LogP contribution >= 0.6 is 23.2 Å². The molecule has 3 heterocycles. The van der Waals surface area contributed by atoms with E-state index < -0.39 is 0 Å². The summed E-state index contributed by atoms with van der Waals surface area (Å²) in [4.78, 5) is 8.93. The quantitative estimate of drug-likeness (QED) is 0.165. The number of nitriles is 1. The third kappa shape index (κ3) is 5.70. The zero-order chi connectivity index (χ0) is 25.8. The summed E-state index contributed by atoms with van der Waals surface area (Å²) in [7, 11) is 1.89. The van der Waals surface area contributed by atoms with Gasteiger partial charge in [0.05, 0.1) is 24.4 Å². The van der Waals surface area contributed by atoms with Crippen molar-refractivity contribution in [2.75, 3.05) is 10.3 Å².